The van der Waals surface area contributed by atoms with Crippen molar-refractivity contribution in [3.05, 3.63) is 28.5 Å². The summed E-state index contributed by atoms with van der Waals surface area (Å²) in [5.41, 5.74) is 0. The minimum atomic E-state index is -0.205. The van der Waals surface area contributed by atoms with E-state index in [2.05, 4.69) is 17.5 Å². The van der Waals surface area contributed by atoms with Gasteiger partial charge in [-0.1, -0.05) is 6.42 Å². The Morgan fingerprint density at radius 2 is 2.11 bits per heavy atom. The van der Waals surface area contributed by atoms with E-state index in [0.29, 0.717) is 0 Å². The molecule has 1 fully saturated rings. The molecule has 1 aliphatic rings. The SMILES string of the molecule is O=C(/C=C/c1cc2sccc2s1)OC1CCCCC1. The molecule has 1 aliphatic carbocycles. The number of rotatable bonds is 3. The number of thiophene rings is 2. The fraction of sp³-hybridized carbons (Fsp3) is 0.400. The zero-order chi connectivity index (χ0) is 13.1. The average Bonchev–Trinajstić information content (AvgIpc) is 2.98. The van der Waals surface area contributed by atoms with E-state index in [4.69, 9.17) is 4.74 Å². The first-order chi connectivity index (χ1) is 9.31. The highest BCUT2D eigenvalue weighted by Crippen LogP contribution is 2.30. The van der Waals surface area contributed by atoms with Gasteiger partial charge in [-0.25, -0.2) is 4.79 Å². The quantitative estimate of drug-likeness (QED) is 0.597. The van der Waals surface area contributed by atoms with E-state index >= 15 is 0 Å². The molecule has 3 rings (SSSR count). The molecule has 0 bridgehead atoms. The number of hydrogen-bond acceptors (Lipinski definition) is 4. The molecule has 2 nitrogen and oxygen atoms in total. The van der Waals surface area contributed by atoms with Gasteiger partial charge in [-0.05, 0) is 49.3 Å². The lowest BCUT2D eigenvalue weighted by Gasteiger charge is -2.20. The topological polar surface area (TPSA) is 26.3 Å². The van der Waals surface area contributed by atoms with E-state index < -0.39 is 0 Å². The van der Waals surface area contributed by atoms with Crippen molar-refractivity contribution in [2.75, 3.05) is 0 Å². The summed E-state index contributed by atoms with van der Waals surface area (Å²) >= 11 is 3.44. The Bertz CT molecular complexity index is 560. The molecule has 100 valence electrons. The summed E-state index contributed by atoms with van der Waals surface area (Å²) < 4.78 is 8.02. The van der Waals surface area contributed by atoms with E-state index in [1.807, 2.05) is 6.08 Å². The summed E-state index contributed by atoms with van der Waals surface area (Å²) in [7, 11) is 0. The maximum Gasteiger partial charge on any atom is 0.331 e. The molecular formula is C15H16O2S2. The average molecular weight is 292 g/mol. The van der Waals surface area contributed by atoms with Crippen LogP contribution in [-0.4, -0.2) is 12.1 Å². The fourth-order valence-electron chi connectivity index (χ4n) is 2.40. The zero-order valence-corrected chi connectivity index (χ0v) is 12.3. The van der Waals surface area contributed by atoms with Crippen LogP contribution in [0.15, 0.2) is 23.6 Å². The molecule has 0 aliphatic heterocycles. The fourth-order valence-corrected chi connectivity index (χ4v) is 4.43. The molecular weight excluding hydrogens is 276 g/mol. The van der Waals surface area contributed by atoms with E-state index in [0.717, 1.165) is 17.7 Å². The largest absolute Gasteiger partial charge is 0.459 e. The standard InChI is InChI=1S/C15H16O2S2/c16-15(17-11-4-2-1-3-5-11)7-6-12-10-14-13(19-12)8-9-18-14/h6-11H,1-5H2/b7-6+. The van der Waals surface area contributed by atoms with Crippen LogP contribution < -0.4 is 0 Å². The Hall–Kier alpha value is -1.13. The van der Waals surface area contributed by atoms with E-state index in [-0.39, 0.29) is 12.1 Å². The molecule has 0 atom stereocenters. The van der Waals surface area contributed by atoms with Crippen molar-refractivity contribution in [3.8, 4) is 0 Å². The van der Waals surface area contributed by atoms with Crippen LogP contribution in [0.4, 0.5) is 0 Å². The lowest BCUT2D eigenvalue weighted by Crippen LogP contribution is -2.19. The van der Waals surface area contributed by atoms with Crippen LogP contribution in [0.2, 0.25) is 0 Å². The molecule has 2 aromatic rings. The predicted octanol–water partition coefficient (Wildman–Crippen LogP) is 4.85. The Morgan fingerprint density at radius 1 is 1.26 bits per heavy atom. The summed E-state index contributed by atoms with van der Waals surface area (Å²) in [6, 6.07) is 4.23. The maximum atomic E-state index is 11.7. The minimum Gasteiger partial charge on any atom is -0.459 e. The number of esters is 1. The van der Waals surface area contributed by atoms with Crippen LogP contribution >= 0.6 is 22.7 Å². The molecule has 0 unspecified atom stereocenters. The van der Waals surface area contributed by atoms with Gasteiger partial charge < -0.3 is 4.74 Å². The van der Waals surface area contributed by atoms with Crippen molar-refractivity contribution in [1.29, 1.82) is 0 Å². The molecule has 2 heterocycles. The van der Waals surface area contributed by atoms with E-state index in [9.17, 15) is 4.79 Å². The highest BCUT2D eigenvalue weighted by Gasteiger charge is 2.16. The third kappa shape index (κ3) is 3.25. The van der Waals surface area contributed by atoms with Gasteiger partial charge in [0.05, 0.1) is 0 Å². The van der Waals surface area contributed by atoms with Crippen molar-refractivity contribution in [3.63, 3.8) is 0 Å². The van der Waals surface area contributed by atoms with Gasteiger partial charge in [-0.3, -0.25) is 0 Å². The van der Waals surface area contributed by atoms with E-state index in [1.54, 1.807) is 28.7 Å². The van der Waals surface area contributed by atoms with Gasteiger partial charge in [0.1, 0.15) is 6.10 Å². The smallest absolute Gasteiger partial charge is 0.331 e. The molecule has 0 aromatic carbocycles. The lowest BCUT2D eigenvalue weighted by molar-refractivity contribution is -0.144. The van der Waals surface area contributed by atoms with Crippen LogP contribution in [0.25, 0.3) is 15.5 Å². The third-order valence-electron chi connectivity index (χ3n) is 3.38. The highest BCUT2D eigenvalue weighted by atomic mass is 32.1. The third-order valence-corrected chi connectivity index (χ3v) is 5.44. The molecule has 4 heteroatoms. The first-order valence-electron chi connectivity index (χ1n) is 6.67. The van der Waals surface area contributed by atoms with Gasteiger partial charge in [-0.15, -0.1) is 22.7 Å². The van der Waals surface area contributed by atoms with Crippen LogP contribution in [-0.2, 0) is 9.53 Å². The molecule has 0 amide bonds. The number of ether oxygens (including phenoxy) is 1. The van der Waals surface area contributed by atoms with Crippen LogP contribution in [0.5, 0.6) is 0 Å². The van der Waals surface area contributed by atoms with Gasteiger partial charge in [0.2, 0.25) is 0 Å². The van der Waals surface area contributed by atoms with Gasteiger partial charge in [-0.2, -0.15) is 0 Å². The lowest BCUT2D eigenvalue weighted by atomic mass is 9.98. The molecule has 0 spiro atoms. The second kappa shape index (κ2) is 5.88. The normalized spacial score (nSPS) is 17.3. The van der Waals surface area contributed by atoms with Crippen molar-refractivity contribution < 1.29 is 9.53 Å². The number of carbonyl (C=O) groups is 1. The van der Waals surface area contributed by atoms with Gasteiger partial charge in [0.25, 0.3) is 0 Å². The summed E-state index contributed by atoms with van der Waals surface area (Å²) in [4.78, 5) is 12.8. The number of carbonyl (C=O) groups excluding carboxylic acids is 1. The molecule has 0 N–H and O–H groups in total. The molecule has 1 saturated carbocycles. The molecule has 2 aromatic heterocycles. The summed E-state index contributed by atoms with van der Waals surface area (Å²) in [5.74, 6) is -0.205. The molecule has 19 heavy (non-hydrogen) atoms. The second-order valence-corrected chi connectivity index (χ2v) is 6.89. The Kier molecular flexibility index (Phi) is 3.99. The van der Waals surface area contributed by atoms with Crippen LogP contribution in [0.1, 0.15) is 37.0 Å². The number of fused-ring (bicyclic) bond motifs is 1. The van der Waals surface area contributed by atoms with Gasteiger partial charge in [0.15, 0.2) is 0 Å². The first-order valence-corrected chi connectivity index (χ1v) is 8.36. The molecule has 0 saturated heterocycles. The Labute approximate surface area is 120 Å². The van der Waals surface area contributed by atoms with Crippen molar-refractivity contribution in [2.45, 2.75) is 38.2 Å². The van der Waals surface area contributed by atoms with Crippen molar-refractivity contribution in [1.82, 2.24) is 0 Å². The summed E-state index contributed by atoms with van der Waals surface area (Å²) in [6.45, 7) is 0. The summed E-state index contributed by atoms with van der Waals surface area (Å²) in [6.07, 6.45) is 9.24. The second-order valence-electron chi connectivity index (χ2n) is 4.83. The van der Waals surface area contributed by atoms with Gasteiger partial charge >= 0.3 is 5.97 Å². The predicted molar refractivity (Wildman–Crippen MR) is 81.7 cm³/mol. The zero-order valence-electron chi connectivity index (χ0n) is 10.6. The monoisotopic (exact) mass is 292 g/mol. The Balaban J connectivity index is 1.58. The van der Waals surface area contributed by atoms with Gasteiger partial charge in [0, 0.05) is 20.4 Å². The minimum absolute atomic E-state index is 0.137. The summed E-state index contributed by atoms with van der Waals surface area (Å²) in [5, 5.41) is 2.09. The van der Waals surface area contributed by atoms with Crippen LogP contribution in [0.3, 0.4) is 0 Å². The number of hydrogen-bond donors (Lipinski definition) is 0. The van der Waals surface area contributed by atoms with Crippen molar-refractivity contribution >= 4 is 44.1 Å². The van der Waals surface area contributed by atoms with Crippen LogP contribution in [0, 0.1) is 0 Å². The molecule has 0 radical (unpaired) electrons. The van der Waals surface area contributed by atoms with Crippen molar-refractivity contribution in [2.24, 2.45) is 0 Å². The first kappa shape index (κ1) is 12.9. The van der Waals surface area contributed by atoms with E-state index in [1.165, 1.54) is 28.7 Å². The Morgan fingerprint density at radius 3 is 2.89 bits per heavy atom. The maximum absolute atomic E-state index is 11.7. The highest BCUT2D eigenvalue weighted by molar-refractivity contribution is 7.27.